The minimum atomic E-state index is -0.279. The Morgan fingerprint density at radius 2 is 2.10 bits per heavy atom. The number of hydrogen-bond acceptors (Lipinski definition) is 2. The summed E-state index contributed by atoms with van der Waals surface area (Å²) < 4.78 is 0. The molecule has 3 rings (SSSR count). The molecule has 0 unspecified atom stereocenters. The molecule has 114 valence electrons. The van der Waals surface area contributed by atoms with E-state index in [2.05, 4.69) is 5.32 Å². The number of hydrogen-bond donors (Lipinski definition) is 1. The maximum atomic E-state index is 12.5. The molecule has 1 aliphatic heterocycles. The third kappa shape index (κ3) is 3.00. The third-order valence-corrected chi connectivity index (χ3v) is 5.39. The van der Waals surface area contributed by atoms with Gasteiger partial charge < -0.3 is 10.2 Å². The predicted molar refractivity (Wildman–Crippen MR) is 87.0 cm³/mol. The minimum absolute atomic E-state index is 0.157. The summed E-state index contributed by atoms with van der Waals surface area (Å²) in [7, 11) is 0. The van der Waals surface area contributed by atoms with Gasteiger partial charge in [0.25, 0.3) is 0 Å². The van der Waals surface area contributed by atoms with Gasteiger partial charge >= 0.3 is 0 Å². The van der Waals surface area contributed by atoms with Gasteiger partial charge in [-0.3, -0.25) is 4.79 Å². The highest BCUT2D eigenvalue weighted by molar-refractivity contribution is 6.36. The van der Waals surface area contributed by atoms with Crippen LogP contribution in [-0.4, -0.2) is 29.9 Å². The van der Waals surface area contributed by atoms with E-state index in [0.29, 0.717) is 15.5 Å². The first-order valence-corrected chi connectivity index (χ1v) is 8.25. The number of nitrogens with zero attached hydrogens (tertiary/aromatic N) is 1. The number of rotatable bonds is 3. The predicted octanol–water partition coefficient (Wildman–Crippen LogP) is 4.20. The lowest BCUT2D eigenvalue weighted by Crippen LogP contribution is -2.42. The average molecular weight is 327 g/mol. The highest BCUT2D eigenvalue weighted by Gasteiger charge is 2.44. The molecule has 1 saturated carbocycles. The molecule has 0 radical (unpaired) electrons. The lowest BCUT2D eigenvalue weighted by Gasteiger charge is -2.38. The van der Waals surface area contributed by atoms with Crippen LogP contribution in [0, 0.1) is 5.41 Å². The molecule has 2 fully saturated rings. The fourth-order valence-corrected chi connectivity index (χ4v) is 3.85. The number of likely N-dealkylation sites (tertiary alicyclic amines) is 1. The van der Waals surface area contributed by atoms with Crippen molar-refractivity contribution in [1.82, 2.24) is 4.90 Å². The van der Waals surface area contributed by atoms with Crippen LogP contribution in [0.25, 0.3) is 0 Å². The Hall–Kier alpha value is -0.930. The van der Waals surface area contributed by atoms with Crippen LogP contribution < -0.4 is 5.32 Å². The molecule has 0 aromatic heterocycles. The van der Waals surface area contributed by atoms with E-state index < -0.39 is 0 Å². The van der Waals surface area contributed by atoms with Crippen molar-refractivity contribution < 1.29 is 4.79 Å². The zero-order chi connectivity index (χ0) is 15.0. The first-order chi connectivity index (χ1) is 9.99. The molecule has 5 heteroatoms. The highest BCUT2D eigenvalue weighted by atomic mass is 35.5. The van der Waals surface area contributed by atoms with Gasteiger partial charge in [0.1, 0.15) is 6.04 Å². The first kappa shape index (κ1) is 15.0. The number of anilines is 1. The number of carbonyl (C=O) groups is 1. The molecular weight excluding hydrogens is 307 g/mol. The summed E-state index contributed by atoms with van der Waals surface area (Å²) in [6.45, 7) is 3.70. The first-order valence-electron chi connectivity index (χ1n) is 7.50. The Kier molecular flexibility index (Phi) is 4.06. The molecule has 21 heavy (non-hydrogen) atoms. The summed E-state index contributed by atoms with van der Waals surface area (Å²) in [6.07, 6.45) is 5.03. The fraction of sp³-hybridized carbons (Fsp3) is 0.562. The van der Waals surface area contributed by atoms with Crippen LogP contribution in [-0.2, 0) is 4.79 Å². The van der Waals surface area contributed by atoms with Crippen molar-refractivity contribution in [3.63, 3.8) is 0 Å². The smallest absolute Gasteiger partial charge is 0.244 e. The lowest BCUT2D eigenvalue weighted by atomic mass is 9.68. The zero-order valence-electron chi connectivity index (χ0n) is 12.2. The van der Waals surface area contributed by atoms with Crippen molar-refractivity contribution in [3.05, 3.63) is 28.2 Å². The van der Waals surface area contributed by atoms with Crippen LogP contribution in [0.15, 0.2) is 18.2 Å². The molecule has 1 spiro atoms. The van der Waals surface area contributed by atoms with Crippen molar-refractivity contribution in [1.29, 1.82) is 0 Å². The van der Waals surface area contributed by atoms with Gasteiger partial charge in [-0.05, 0) is 49.8 Å². The van der Waals surface area contributed by atoms with E-state index in [1.165, 1.54) is 19.3 Å². The van der Waals surface area contributed by atoms with Crippen molar-refractivity contribution >= 4 is 34.8 Å². The maximum Gasteiger partial charge on any atom is 0.244 e. The summed E-state index contributed by atoms with van der Waals surface area (Å²) in [6, 6.07) is 4.98. The quantitative estimate of drug-likeness (QED) is 0.902. The van der Waals surface area contributed by atoms with Gasteiger partial charge in [0.15, 0.2) is 0 Å². The van der Waals surface area contributed by atoms with E-state index in [0.717, 1.165) is 25.2 Å². The Bertz CT molecular complexity index is 557. The minimum Gasteiger partial charge on any atom is -0.373 e. The van der Waals surface area contributed by atoms with Crippen molar-refractivity contribution in [2.24, 2.45) is 5.41 Å². The van der Waals surface area contributed by atoms with E-state index in [1.54, 1.807) is 12.1 Å². The van der Waals surface area contributed by atoms with E-state index in [-0.39, 0.29) is 11.9 Å². The second-order valence-electron chi connectivity index (χ2n) is 6.35. The molecule has 3 nitrogen and oxygen atoms in total. The Morgan fingerprint density at radius 3 is 2.67 bits per heavy atom. The summed E-state index contributed by atoms with van der Waals surface area (Å²) in [5, 5.41) is 4.33. The van der Waals surface area contributed by atoms with Crippen LogP contribution >= 0.6 is 23.2 Å². The average Bonchev–Trinajstić information content (AvgIpc) is 2.86. The Labute approximate surface area is 135 Å². The monoisotopic (exact) mass is 326 g/mol. The Morgan fingerprint density at radius 1 is 1.33 bits per heavy atom. The third-order valence-electron chi connectivity index (χ3n) is 4.84. The van der Waals surface area contributed by atoms with Gasteiger partial charge in [-0.25, -0.2) is 0 Å². The standard InChI is InChI=1S/C16H20Cl2N2O/c1-11(19-14-4-3-12(17)9-13(14)18)15(21)20-8-7-16(10-20)5-2-6-16/h3-4,9,11,19H,2,5-8,10H2,1H3/t11-/m1/s1. The van der Waals surface area contributed by atoms with Gasteiger partial charge in [-0.2, -0.15) is 0 Å². The van der Waals surface area contributed by atoms with Crippen molar-refractivity contribution in [2.45, 2.75) is 38.6 Å². The summed E-state index contributed by atoms with van der Waals surface area (Å²) in [5.41, 5.74) is 1.19. The molecule has 1 amide bonds. The normalized spacial score (nSPS) is 21.2. The summed E-state index contributed by atoms with van der Waals surface area (Å²) in [4.78, 5) is 14.6. The molecule has 1 aromatic rings. The summed E-state index contributed by atoms with van der Waals surface area (Å²) in [5.74, 6) is 0.157. The number of amides is 1. The van der Waals surface area contributed by atoms with Crippen LogP contribution in [0.3, 0.4) is 0 Å². The second kappa shape index (κ2) is 5.69. The SMILES string of the molecule is C[C@@H](Nc1ccc(Cl)cc1Cl)C(=O)N1CCC2(CCC2)C1. The number of nitrogens with one attached hydrogen (secondary N) is 1. The van der Waals surface area contributed by atoms with Crippen molar-refractivity contribution in [3.8, 4) is 0 Å². The molecule has 0 bridgehead atoms. The molecular formula is C16H20Cl2N2O. The molecule has 2 aliphatic rings. The van der Waals surface area contributed by atoms with E-state index in [9.17, 15) is 4.79 Å². The molecule has 1 N–H and O–H groups in total. The fourth-order valence-electron chi connectivity index (χ4n) is 3.38. The maximum absolute atomic E-state index is 12.5. The molecule has 1 aliphatic carbocycles. The number of carbonyl (C=O) groups excluding carboxylic acids is 1. The molecule has 1 atom stereocenters. The van der Waals surface area contributed by atoms with Gasteiger partial charge in [0.2, 0.25) is 5.91 Å². The molecule has 1 saturated heterocycles. The number of halogens is 2. The van der Waals surface area contributed by atoms with Gasteiger partial charge in [0.05, 0.1) is 10.7 Å². The van der Waals surface area contributed by atoms with Gasteiger partial charge in [-0.15, -0.1) is 0 Å². The van der Waals surface area contributed by atoms with Crippen LogP contribution in [0.4, 0.5) is 5.69 Å². The van der Waals surface area contributed by atoms with Crippen LogP contribution in [0.5, 0.6) is 0 Å². The van der Waals surface area contributed by atoms with E-state index >= 15 is 0 Å². The van der Waals surface area contributed by atoms with E-state index in [4.69, 9.17) is 23.2 Å². The summed E-state index contributed by atoms with van der Waals surface area (Å²) >= 11 is 12.0. The van der Waals surface area contributed by atoms with Crippen molar-refractivity contribution in [2.75, 3.05) is 18.4 Å². The number of benzene rings is 1. The van der Waals surface area contributed by atoms with Gasteiger partial charge in [0, 0.05) is 18.1 Å². The lowest BCUT2D eigenvalue weighted by molar-refractivity contribution is -0.131. The Balaban J connectivity index is 1.62. The topological polar surface area (TPSA) is 32.3 Å². The van der Waals surface area contributed by atoms with E-state index in [1.807, 2.05) is 17.9 Å². The zero-order valence-corrected chi connectivity index (χ0v) is 13.7. The van der Waals surface area contributed by atoms with Crippen LogP contribution in [0.2, 0.25) is 10.0 Å². The van der Waals surface area contributed by atoms with Gasteiger partial charge in [-0.1, -0.05) is 29.6 Å². The largest absolute Gasteiger partial charge is 0.373 e. The molecule has 1 aromatic carbocycles. The highest BCUT2D eigenvalue weighted by Crippen LogP contribution is 2.48. The van der Waals surface area contributed by atoms with Crippen LogP contribution in [0.1, 0.15) is 32.6 Å². The molecule has 1 heterocycles. The second-order valence-corrected chi connectivity index (χ2v) is 7.20.